The molecule has 0 radical (unpaired) electrons. The molecular formula is C15H31NO. The van der Waals surface area contributed by atoms with E-state index in [1.165, 1.54) is 64.2 Å². The minimum atomic E-state index is 0.308. The third kappa shape index (κ3) is 5.87. The van der Waals surface area contributed by atoms with Crippen LogP contribution in [0.3, 0.4) is 0 Å². The van der Waals surface area contributed by atoms with Crippen LogP contribution < -0.4 is 5.32 Å². The van der Waals surface area contributed by atoms with Gasteiger partial charge in [0.1, 0.15) is 0 Å². The average molecular weight is 241 g/mol. The molecule has 0 aliphatic carbocycles. The largest absolute Gasteiger partial charge is 0.364 e. The molecule has 0 saturated carbocycles. The van der Waals surface area contributed by atoms with Crippen molar-refractivity contribution in [3.63, 3.8) is 0 Å². The van der Waals surface area contributed by atoms with Gasteiger partial charge < -0.3 is 4.74 Å². The second-order valence-electron chi connectivity index (χ2n) is 5.53. The predicted molar refractivity (Wildman–Crippen MR) is 74.2 cm³/mol. The van der Waals surface area contributed by atoms with Crippen molar-refractivity contribution in [3.8, 4) is 0 Å². The summed E-state index contributed by atoms with van der Waals surface area (Å²) in [7, 11) is 0. The smallest absolute Gasteiger partial charge is 0.0971 e. The Morgan fingerprint density at radius 3 is 2.12 bits per heavy atom. The van der Waals surface area contributed by atoms with E-state index in [-0.39, 0.29) is 0 Å². The predicted octanol–water partition coefficient (Wildman–Crippen LogP) is 4.24. The Morgan fingerprint density at radius 1 is 0.941 bits per heavy atom. The van der Waals surface area contributed by atoms with Gasteiger partial charge in [-0.1, -0.05) is 65.2 Å². The molecule has 0 aromatic heterocycles. The monoisotopic (exact) mass is 241 g/mol. The van der Waals surface area contributed by atoms with Crippen LogP contribution in [0.15, 0.2) is 0 Å². The highest BCUT2D eigenvalue weighted by Crippen LogP contribution is 2.23. The molecule has 1 N–H and O–H groups in total. The minimum Gasteiger partial charge on any atom is -0.364 e. The first-order chi connectivity index (χ1) is 8.33. The zero-order valence-electron chi connectivity index (χ0n) is 11.9. The third-order valence-corrected chi connectivity index (χ3v) is 4.11. The molecule has 1 unspecified atom stereocenters. The van der Waals surface area contributed by atoms with Crippen LogP contribution in [0, 0.1) is 0 Å². The highest BCUT2D eigenvalue weighted by molar-refractivity contribution is 4.88. The fourth-order valence-electron chi connectivity index (χ4n) is 2.66. The van der Waals surface area contributed by atoms with E-state index in [0.717, 1.165) is 13.3 Å². The first kappa shape index (κ1) is 15.0. The van der Waals surface area contributed by atoms with Gasteiger partial charge >= 0.3 is 0 Å². The summed E-state index contributed by atoms with van der Waals surface area (Å²) in [4.78, 5) is 0. The molecular weight excluding hydrogens is 210 g/mol. The normalized spacial score (nSPS) is 24.4. The van der Waals surface area contributed by atoms with Crippen LogP contribution in [0.25, 0.3) is 0 Å². The fraction of sp³-hybridized carbons (Fsp3) is 1.00. The lowest BCUT2D eigenvalue weighted by Crippen LogP contribution is -2.41. The van der Waals surface area contributed by atoms with Gasteiger partial charge in [-0.25, -0.2) is 0 Å². The van der Waals surface area contributed by atoms with Crippen molar-refractivity contribution in [3.05, 3.63) is 0 Å². The topological polar surface area (TPSA) is 21.3 Å². The van der Waals surface area contributed by atoms with Crippen LogP contribution in [0.5, 0.6) is 0 Å². The lowest BCUT2D eigenvalue weighted by Gasteiger charge is -2.26. The molecule has 1 atom stereocenters. The highest BCUT2D eigenvalue weighted by Gasteiger charge is 2.31. The first-order valence-electron chi connectivity index (χ1n) is 7.66. The summed E-state index contributed by atoms with van der Waals surface area (Å²) in [6.45, 7) is 6.22. The molecule has 0 aromatic rings. The zero-order chi connectivity index (χ0) is 12.4. The van der Waals surface area contributed by atoms with E-state index < -0.39 is 0 Å². The molecule has 1 aliphatic heterocycles. The van der Waals surface area contributed by atoms with Crippen molar-refractivity contribution in [2.24, 2.45) is 0 Å². The summed E-state index contributed by atoms with van der Waals surface area (Å²) in [6, 6.07) is 0. The van der Waals surface area contributed by atoms with E-state index in [4.69, 9.17) is 4.74 Å². The standard InChI is InChI=1S/C15H31NO/c1-3-5-6-7-8-9-10-11-12-15(4-2)13-17-14-16-15/h16H,3-14H2,1-2H3. The van der Waals surface area contributed by atoms with Crippen LogP contribution in [0.4, 0.5) is 0 Å². The van der Waals surface area contributed by atoms with Gasteiger partial charge in [-0.3, -0.25) is 5.32 Å². The van der Waals surface area contributed by atoms with E-state index in [0.29, 0.717) is 5.54 Å². The molecule has 102 valence electrons. The van der Waals surface area contributed by atoms with Gasteiger partial charge in [-0.2, -0.15) is 0 Å². The molecule has 1 fully saturated rings. The fourth-order valence-corrected chi connectivity index (χ4v) is 2.66. The van der Waals surface area contributed by atoms with Gasteiger partial charge in [0.15, 0.2) is 0 Å². The average Bonchev–Trinajstić information content (AvgIpc) is 2.82. The number of rotatable bonds is 10. The van der Waals surface area contributed by atoms with Crippen LogP contribution in [0.2, 0.25) is 0 Å². The lowest BCUT2D eigenvalue weighted by molar-refractivity contribution is 0.171. The molecule has 1 heterocycles. The summed E-state index contributed by atoms with van der Waals surface area (Å²) in [5, 5.41) is 3.52. The second kappa shape index (κ2) is 8.93. The van der Waals surface area contributed by atoms with E-state index in [1.54, 1.807) is 0 Å². The highest BCUT2D eigenvalue weighted by atomic mass is 16.5. The van der Waals surface area contributed by atoms with Crippen LogP contribution in [-0.4, -0.2) is 18.9 Å². The maximum atomic E-state index is 5.46. The van der Waals surface area contributed by atoms with Crippen molar-refractivity contribution < 1.29 is 4.74 Å². The molecule has 0 amide bonds. The minimum absolute atomic E-state index is 0.308. The van der Waals surface area contributed by atoms with Gasteiger partial charge in [0.05, 0.1) is 13.3 Å². The Morgan fingerprint density at radius 2 is 1.59 bits per heavy atom. The number of unbranched alkanes of at least 4 members (excludes halogenated alkanes) is 7. The number of hydrogen-bond donors (Lipinski definition) is 1. The number of nitrogens with one attached hydrogen (secondary N) is 1. The second-order valence-corrected chi connectivity index (χ2v) is 5.53. The number of ether oxygens (including phenoxy) is 1. The van der Waals surface area contributed by atoms with Crippen molar-refractivity contribution in [2.45, 2.75) is 83.6 Å². The van der Waals surface area contributed by atoms with Crippen molar-refractivity contribution in [1.82, 2.24) is 5.32 Å². The van der Waals surface area contributed by atoms with Crippen molar-refractivity contribution in [1.29, 1.82) is 0 Å². The Kier molecular flexibility index (Phi) is 7.87. The van der Waals surface area contributed by atoms with Crippen LogP contribution in [0.1, 0.15) is 78.1 Å². The molecule has 2 nitrogen and oxygen atoms in total. The summed E-state index contributed by atoms with van der Waals surface area (Å²) >= 11 is 0. The Labute approximate surface area is 108 Å². The molecule has 0 aromatic carbocycles. The summed E-state index contributed by atoms with van der Waals surface area (Å²) in [6.07, 6.45) is 13.7. The third-order valence-electron chi connectivity index (χ3n) is 4.11. The van der Waals surface area contributed by atoms with E-state index >= 15 is 0 Å². The summed E-state index contributed by atoms with van der Waals surface area (Å²) in [5.74, 6) is 0. The van der Waals surface area contributed by atoms with Gasteiger partial charge in [0, 0.05) is 5.54 Å². The van der Waals surface area contributed by atoms with Gasteiger partial charge in [0.25, 0.3) is 0 Å². The zero-order valence-corrected chi connectivity index (χ0v) is 11.9. The van der Waals surface area contributed by atoms with Crippen LogP contribution >= 0.6 is 0 Å². The SMILES string of the molecule is CCCCCCCCCCC1(CC)COCN1. The molecule has 1 saturated heterocycles. The molecule has 17 heavy (non-hydrogen) atoms. The molecule has 1 aliphatic rings. The van der Waals surface area contributed by atoms with E-state index in [2.05, 4.69) is 19.2 Å². The molecule has 2 heteroatoms. The van der Waals surface area contributed by atoms with E-state index in [1.807, 2.05) is 0 Å². The van der Waals surface area contributed by atoms with Crippen molar-refractivity contribution >= 4 is 0 Å². The maximum Gasteiger partial charge on any atom is 0.0971 e. The first-order valence-corrected chi connectivity index (χ1v) is 7.66. The Bertz CT molecular complexity index is 176. The number of hydrogen-bond acceptors (Lipinski definition) is 2. The lowest BCUT2D eigenvalue weighted by atomic mass is 9.90. The van der Waals surface area contributed by atoms with Gasteiger partial charge in [-0.15, -0.1) is 0 Å². The van der Waals surface area contributed by atoms with Gasteiger partial charge in [-0.05, 0) is 12.8 Å². The maximum absolute atomic E-state index is 5.46. The Hall–Kier alpha value is -0.0800. The van der Waals surface area contributed by atoms with Crippen LogP contribution in [-0.2, 0) is 4.74 Å². The van der Waals surface area contributed by atoms with Gasteiger partial charge in [0.2, 0.25) is 0 Å². The van der Waals surface area contributed by atoms with Crippen molar-refractivity contribution in [2.75, 3.05) is 13.3 Å². The van der Waals surface area contributed by atoms with E-state index in [9.17, 15) is 0 Å². The molecule has 0 spiro atoms. The quantitative estimate of drug-likeness (QED) is 0.578. The molecule has 0 bridgehead atoms. The molecule has 1 rings (SSSR count). The summed E-state index contributed by atoms with van der Waals surface area (Å²) in [5.41, 5.74) is 0.308. The Balaban J connectivity index is 1.92. The summed E-state index contributed by atoms with van der Waals surface area (Å²) < 4.78 is 5.46.